The lowest BCUT2D eigenvalue weighted by atomic mass is 10.1. The molecule has 0 radical (unpaired) electrons. The number of fused-ring (bicyclic) bond motifs is 1. The Balaban J connectivity index is 1.84. The maximum atomic E-state index is 12.6. The third-order valence-corrected chi connectivity index (χ3v) is 4.41. The zero-order valence-corrected chi connectivity index (χ0v) is 14.9. The summed E-state index contributed by atoms with van der Waals surface area (Å²) in [6.07, 6.45) is 2.38. The second kappa shape index (κ2) is 6.15. The van der Waals surface area contributed by atoms with Crippen molar-refractivity contribution in [1.29, 1.82) is 0 Å². The summed E-state index contributed by atoms with van der Waals surface area (Å²) in [6.45, 7) is 8.09. The van der Waals surface area contributed by atoms with E-state index in [1.54, 1.807) is 0 Å². The molecule has 1 N–H and O–H groups in total. The Morgan fingerprint density at radius 3 is 2.62 bits per heavy atom. The van der Waals surface area contributed by atoms with E-state index in [0.29, 0.717) is 6.42 Å². The minimum Gasteiger partial charge on any atom is -0.350 e. The van der Waals surface area contributed by atoms with E-state index >= 15 is 0 Å². The average molecular weight is 324 g/mol. The Morgan fingerprint density at radius 2 is 1.96 bits per heavy atom. The quantitative estimate of drug-likeness (QED) is 0.794. The summed E-state index contributed by atoms with van der Waals surface area (Å²) < 4.78 is 4.01. The van der Waals surface area contributed by atoms with E-state index in [0.717, 1.165) is 33.5 Å². The molecular formula is C19H24N4O. The highest BCUT2D eigenvalue weighted by Crippen LogP contribution is 2.24. The number of carbonyl (C=O) groups excluding carboxylic acids is 1. The van der Waals surface area contributed by atoms with Gasteiger partial charge in [-0.05, 0) is 39.3 Å². The molecule has 0 fully saturated rings. The summed E-state index contributed by atoms with van der Waals surface area (Å²) in [5.41, 5.74) is 4.85. The molecule has 2 aromatic heterocycles. The van der Waals surface area contributed by atoms with Crippen molar-refractivity contribution >= 4 is 22.5 Å². The number of nitrogens with one attached hydrogen (secondary N) is 1. The number of para-hydroxylation sites is 1. The normalized spacial score (nSPS) is 11.4. The first-order valence-corrected chi connectivity index (χ1v) is 8.27. The largest absolute Gasteiger partial charge is 0.350 e. The Morgan fingerprint density at radius 1 is 1.25 bits per heavy atom. The van der Waals surface area contributed by atoms with E-state index in [1.165, 1.54) is 0 Å². The molecule has 0 aliphatic heterocycles. The Labute approximate surface area is 142 Å². The van der Waals surface area contributed by atoms with Crippen molar-refractivity contribution in [2.75, 3.05) is 5.32 Å². The molecule has 3 aromatic rings. The third kappa shape index (κ3) is 2.82. The minimum atomic E-state index is -0.0131. The molecule has 0 bridgehead atoms. The molecule has 126 valence electrons. The molecule has 0 aliphatic carbocycles. The maximum Gasteiger partial charge on any atom is 0.228 e. The Hall–Kier alpha value is -2.56. The van der Waals surface area contributed by atoms with E-state index < -0.39 is 0 Å². The summed E-state index contributed by atoms with van der Waals surface area (Å²) in [5.74, 6) is -0.0131. The number of rotatable bonds is 4. The summed E-state index contributed by atoms with van der Waals surface area (Å²) >= 11 is 0. The van der Waals surface area contributed by atoms with Crippen LogP contribution >= 0.6 is 0 Å². The van der Waals surface area contributed by atoms with Gasteiger partial charge in [0, 0.05) is 30.2 Å². The molecule has 5 nitrogen and oxygen atoms in total. The van der Waals surface area contributed by atoms with Gasteiger partial charge in [-0.2, -0.15) is 5.10 Å². The van der Waals surface area contributed by atoms with Crippen LogP contribution in [-0.2, 0) is 18.3 Å². The van der Waals surface area contributed by atoms with Gasteiger partial charge in [0.05, 0.1) is 23.5 Å². The molecule has 1 aromatic carbocycles. The van der Waals surface area contributed by atoms with Gasteiger partial charge in [-0.25, -0.2) is 0 Å². The minimum absolute atomic E-state index is 0.0131. The van der Waals surface area contributed by atoms with E-state index in [9.17, 15) is 4.79 Å². The zero-order chi connectivity index (χ0) is 17.4. The smallest absolute Gasteiger partial charge is 0.228 e. The van der Waals surface area contributed by atoms with E-state index in [2.05, 4.69) is 41.0 Å². The van der Waals surface area contributed by atoms with Gasteiger partial charge in [0.2, 0.25) is 5.91 Å². The number of aromatic nitrogens is 3. The molecule has 0 atom stereocenters. The van der Waals surface area contributed by atoms with Crippen LogP contribution < -0.4 is 5.32 Å². The number of carbonyl (C=O) groups is 1. The van der Waals surface area contributed by atoms with Crippen molar-refractivity contribution in [1.82, 2.24) is 14.3 Å². The highest BCUT2D eigenvalue weighted by molar-refractivity contribution is 5.96. The topological polar surface area (TPSA) is 51.9 Å². The number of hydrogen-bond acceptors (Lipinski definition) is 2. The van der Waals surface area contributed by atoms with Gasteiger partial charge >= 0.3 is 0 Å². The van der Waals surface area contributed by atoms with Crippen LogP contribution in [0.1, 0.15) is 36.8 Å². The number of anilines is 1. The Kier molecular flexibility index (Phi) is 4.18. The van der Waals surface area contributed by atoms with Crippen molar-refractivity contribution in [3.05, 3.63) is 47.4 Å². The van der Waals surface area contributed by atoms with Gasteiger partial charge in [-0.3, -0.25) is 9.48 Å². The fraction of sp³-hybridized carbons (Fsp3) is 0.368. The zero-order valence-electron chi connectivity index (χ0n) is 14.9. The summed E-state index contributed by atoms with van der Waals surface area (Å²) in [7, 11) is 2.00. The lowest BCUT2D eigenvalue weighted by molar-refractivity contribution is -0.115. The molecule has 0 saturated heterocycles. The highest BCUT2D eigenvalue weighted by atomic mass is 16.1. The molecule has 24 heavy (non-hydrogen) atoms. The number of amides is 1. The van der Waals surface area contributed by atoms with Crippen LogP contribution in [0, 0.1) is 13.8 Å². The molecule has 5 heteroatoms. The monoisotopic (exact) mass is 324 g/mol. The summed E-state index contributed by atoms with van der Waals surface area (Å²) in [4.78, 5) is 12.6. The van der Waals surface area contributed by atoms with Crippen LogP contribution in [0.3, 0.4) is 0 Å². The molecule has 1 amide bonds. The van der Waals surface area contributed by atoms with Crippen molar-refractivity contribution < 1.29 is 4.79 Å². The molecular weight excluding hydrogens is 300 g/mol. The number of benzene rings is 1. The van der Waals surface area contributed by atoms with Crippen LogP contribution in [-0.4, -0.2) is 20.3 Å². The molecule has 2 heterocycles. The molecule has 3 rings (SSSR count). The lowest BCUT2D eigenvalue weighted by Crippen LogP contribution is -2.15. The first-order chi connectivity index (χ1) is 11.4. The SMILES string of the molecule is Cc1nn(C(C)C)c(C)c1NC(=O)Cc1cn(C)c2ccccc12. The number of nitrogens with zero attached hydrogens (tertiary/aromatic N) is 3. The van der Waals surface area contributed by atoms with Crippen LogP contribution in [0.25, 0.3) is 10.9 Å². The number of aryl methyl sites for hydroxylation is 2. The Bertz CT molecular complexity index is 902. The van der Waals surface area contributed by atoms with E-state index in [1.807, 2.05) is 43.9 Å². The van der Waals surface area contributed by atoms with Gasteiger partial charge in [-0.15, -0.1) is 0 Å². The van der Waals surface area contributed by atoms with Crippen molar-refractivity contribution in [2.45, 2.75) is 40.2 Å². The van der Waals surface area contributed by atoms with Crippen LogP contribution in [0.4, 0.5) is 5.69 Å². The molecule has 0 aliphatic rings. The van der Waals surface area contributed by atoms with Gasteiger partial charge < -0.3 is 9.88 Å². The van der Waals surface area contributed by atoms with Gasteiger partial charge in [-0.1, -0.05) is 18.2 Å². The van der Waals surface area contributed by atoms with Crippen LogP contribution in [0.15, 0.2) is 30.5 Å². The molecule has 0 unspecified atom stereocenters. The van der Waals surface area contributed by atoms with Gasteiger partial charge in [0.1, 0.15) is 0 Å². The second-order valence-electron chi connectivity index (χ2n) is 6.59. The summed E-state index contributed by atoms with van der Waals surface area (Å²) in [6, 6.07) is 8.42. The van der Waals surface area contributed by atoms with Gasteiger partial charge in [0.15, 0.2) is 0 Å². The van der Waals surface area contributed by atoms with Crippen molar-refractivity contribution in [3.8, 4) is 0 Å². The average Bonchev–Trinajstić information content (AvgIpc) is 2.99. The van der Waals surface area contributed by atoms with Gasteiger partial charge in [0.25, 0.3) is 0 Å². The third-order valence-electron chi connectivity index (χ3n) is 4.41. The molecule has 0 spiro atoms. The second-order valence-corrected chi connectivity index (χ2v) is 6.59. The van der Waals surface area contributed by atoms with Crippen molar-refractivity contribution in [2.24, 2.45) is 7.05 Å². The van der Waals surface area contributed by atoms with Crippen LogP contribution in [0.2, 0.25) is 0 Å². The summed E-state index contributed by atoms with van der Waals surface area (Å²) in [5, 5.41) is 8.69. The van der Waals surface area contributed by atoms with E-state index in [4.69, 9.17) is 0 Å². The predicted octanol–water partition coefficient (Wildman–Crippen LogP) is 3.75. The molecule has 0 saturated carbocycles. The standard InChI is InChI=1S/C19H24N4O/c1-12(2)23-14(4)19(13(3)21-23)20-18(24)10-15-11-22(5)17-9-7-6-8-16(15)17/h6-9,11-12H,10H2,1-5H3,(H,20,24). The van der Waals surface area contributed by atoms with Crippen LogP contribution in [0.5, 0.6) is 0 Å². The fourth-order valence-electron chi connectivity index (χ4n) is 3.27. The predicted molar refractivity (Wildman–Crippen MR) is 97.3 cm³/mol. The fourth-order valence-corrected chi connectivity index (χ4v) is 3.27. The number of hydrogen-bond donors (Lipinski definition) is 1. The maximum absolute atomic E-state index is 12.6. The first-order valence-electron chi connectivity index (χ1n) is 8.27. The lowest BCUT2D eigenvalue weighted by Gasteiger charge is -2.09. The highest BCUT2D eigenvalue weighted by Gasteiger charge is 2.17. The van der Waals surface area contributed by atoms with Crippen molar-refractivity contribution in [3.63, 3.8) is 0 Å². The first kappa shape index (κ1) is 16.3. The van der Waals surface area contributed by atoms with E-state index in [-0.39, 0.29) is 11.9 Å².